The van der Waals surface area contributed by atoms with Crippen molar-refractivity contribution < 1.29 is 13.7 Å². The van der Waals surface area contributed by atoms with Gasteiger partial charge >= 0.3 is 0 Å². The van der Waals surface area contributed by atoms with Crippen LogP contribution in [0.5, 0.6) is 0 Å². The molecule has 1 aromatic heterocycles. The molecule has 0 amide bonds. The molecule has 6 heteroatoms. The zero-order valence-corrected chi connectivity index (χ0v) is 12.3. The van der Waals surface area contributed by atoms with Gasteiger partial charge in [0.1, 0.15) is 11.9 Å². The fraction of sp³-hybridized carbons (Fsp3) is 0.375. The largest absolute Gasteiger partial charge is 0.497 e. The summed E-state index contributed by atoms with van der Waals surface area (Å²) in [6.07, 6.45) is 5.68. The highest BCUT2D eigenvalue weighted by molar-refractivity contribution is 5.26. The number of ether oxygens (including phenoxy) is 1. The minimum absolute atomic E-state index is 0.0623. The van der Waals surface area contributed by atoms with E-state index in [0.29, 0.717) is 23.8 Å². The molecule has 2 unspecified atom stereocenters. The van der Waals surface area contributed by atoms with Crippen molar-refractivity contribution in [1.29, 1.82) is 0 Å². The maximum atomic E-state index is 14.1. The fourth-order valence-electron chi connectivity index (χ4n) is 2.47. The van der Waals surface area contributed by atoms with Gasteiger partial charge in [-0.25, -0.2) is 4.39 Å². The molecule has 2 atom stereocenters. The van der Waals surface area contributed by atoms with Crippen molar-refractivity contribution in [1.82, 2.24) is 15.5 Å². The third-order valence-electron chi connectivity index (χ3n) is 3.59. The smallest absolute Gasteiger partial charge is 0.223 e. The fourth-order valence-corrected chi connectivity index (χ4v) is 2.47. The molecule has 0 saturated carbocycles. The van der Waals surface area contributed by atoms with Crippen LogP contribution < -0.4 is 5.32 Å². The van der Waals surface area contributed by atoms with Crippen molar-refractivity contribution in [2.45, 2.75) is 31.9 Å². The van der Waals surface area contributed by atoms with Crippen molar-refractivity contribution in [3.8, 4) is 0 Å². The second kappa shape index (κ2) is 6.70. The minimum atomic E-state index is -0.465. The lowest BCUT2D eigenvalue weighted by atomic mass is 10.0. The van der Waals surface area contributed by atoms with Gasteiger partial charge in [0.15, 0.2) is 5.82 Å². The highest BCUT2D eigenvalue weighted by Gasteiger charge is 2.24. The van der Waals surface area contributed by atoms with Crippen LogP contribution in [0, 0.1) is 12.7 Å². The number of hydrogen-bond acceptors (Lipinski definition) is 5. The average molecular weight is 303 g/mol. The summed E-state index contributed by atoms with van der Waals surface area (Å²) in [6.45, 7) is 2.29. The molecule has 2 heterocycles. The molecule has 1 aliphatic rings. The number of nitrogens with zero attached hydrogens (tertiary/aromatic N) is 2. The molecule has 22 heavy (non-hydrogen) atoms. The number of aryl methyl sites for hydroxylation is 1. The zero-order chi connectivity index (χ0) is 15.4. The molecule has 116 valence electrons. The van der Waals surface area contributed by atoms with Crippen LogP contribution in [0.3, 0.4) is 0 Å². The molecule has 0 radical (unpaired) electrons. The van der Waals surface area contributed by atoms with E-state index in [1.54, 1.807) is 31.4 Å². The summed E-state index contributed by atoms with van der Waals surface area (Å²) in [4.78, 5) is 4.23. The van der Waals surface area contributed by atoms with E-state index in [1.807, 2.05) is 6.08 Å². The minimum Gasteiger partial charge on any atom is -0.497 e. The Hall–Kier alpha value is -2.21. The first-order valence-electron chi connectivity index (χ1n) is 7.32. The number of nitrogens with one attached hydrogen (secondary N) is 1. The second-order valence-electron chi connectivity index (χ2n) is 5.24. The highest BCUT2D eigenvalue weighted by Crippen LogP contribution is 2.23. The summed E-state index contributed by atoms with van der Waals surface area (Å²) in [5, 5.41) is 7.22. The van der Waals surface area contributed by atoms with Crippen LogP contribution in [0.2, 0.25) is 0 Å². The Morgan fingerprint density at radius 1 is 1.41 bits per heavy atom. The third kappa shape index (κ3) is 3.33. The van der Waals surface area contributed by atoms with E-state index in [2.05, 4.69) is 15.5 Å². The van der Waals surface area contributed by atoms with Crippen LogP contribution in [-0.4, -0.2) is 22.8 Å². The molecule has 3 rings (SSSR count). The molecule has 0 saturated heterocycles. The van der Waals surface area contributed by atoms with Crippen molar-refractivity contribution in [3.05, 3.63) is 59.7 Å². The SMILES string of the molecule is Cc1nc(C(NCC2CCC=CO2)c2ccccc2F)no1. The maximum absolute atomic E-state index is 14.1. The Kier molecular flexibility index (Phi) is 4.48. The Bertz CT molecular complexity index is 656. The predicted octanol–water partition coefficient (Wildman–Crippen LogP) is 2.89. The van der Waals surface area contributed by atoms with Gasteiger partial charge in [-0.3, -0.25) is 5.32 Å². The van der Waals surface area contributed by atoms with Crippen molar-refractivity contribution in [2.24, 2.45) is 0 Å². The Balaban J connectivity index is 1.80. The summed E-state index contributed by atoms with van der Waals surface area (Å²) < 4.78 is 24.7. The molecule has 1 N–H and O–H groups in total. The van der Waals surface area contributed by atoms with Gasteiger partial charge in [-0.05, 0) is 25.0 Å². The van der Waals surface area contributed by atoms with E-state index in [4.69, 9.17) is 9.26 Å². The van der Waals surface area contributed by atoms with Gasteiger partial charge in [0.25, 0.3) is 0 Å². The quantitative estimate of drug-likeness (QED) is 0.920. The summed E-state index contributed by atoms with van der Waals surface area (Å²) >= 11 is 0. The predicted molar refractivity (Wildman–Crippen MR) is 78.5 cm³/mol. The van der Waals surface area contributed by atoms with E-state index in [0.717, 1.165) is 12.8 Å². The molecule has 0 aliphatic carbocycles. The van der Waals surface area contributed by atoms with E-state index >= 15 is 0 Å². The standard InChI is InChI=1S/C16H18FN3O2/c1-11-19-16(20-22-11)15(13-7-2-3-8-14(13)17)18-10-12-6-4-5-9-21-12/h2-3,5,7-9,12,15,18H,4,6,10H2,1H3. The number of aromatic nitrogens is 2. The van der Waals surface area contributed by atoms with Gasteiger partial charge in [0, 0.05) is 19.0 Å². The normalized spacial score (nSPS) is 18.9. The van der Waals surface area contributed by atoms with Gasteiger partial charge in [-0.15, -0.1) is 0 Å². The number of hydrogen-bond donors (Lipinski definition) is 1. The van der Waals surface area contributed by atoms with E-state index < -0.39 is 6.04 Å². The van der Waals surface area contributed by atoms with E-state index in [1.165, 1.54) is 6.07 Å². The van der Waals surface area contributed by atoms with Crippen LogP contribution in [0.25, 0.3) is 0 Å². The number of allylic oxidation sites excluding steroid dienone is 1. The van der Waals surface area contributed by atoms with Crippen LogP contribution in [0.15, 0.2) is 41.1 Å². The van der Waals surface area contributed by atoms with Crippen LogP contribution in [-0.2, 0) is 4.74 Å². The number of benzene rings is 1. The lowest BCUT2D eigenvalue weighted by Gasteiger charge is -2.23. The molecule has 2 aromatic rings. The van der Waals surface area contributed by atoms with Gasteiger partial charge in [-0.2, -0.15) is 4.98 Å². The van der Waals surface area contributed by atoms with E-state index in [-0.39, 0.29) is 11.9 Å². The summed E-state index contributed by atoms with van der Waals surface area (Å²) in [5.41, 5.74) is 0.495. The summed E-state index contributed by atoms with van der Waals surface area (Å²) in [5.74, 6) is 0.579. The first-order chi connectivity index (χ1) is 10.7. The Labute approximate surface area is 128 Å². The molecular formula is C16H18FN3O2. The monoisotopic (exact) mass is 303 g/mol. The topological polar surface area (TPSA) is 60.2 Å². The third-order valence-corrected chi connectivity index (χ3v) is 3.59. The first kappa shape index (κ1) is 14.7. The van der Waals surface area contributed by atoms with Crippen molar-refractivity contribution >= 4 is 0 Å². The van der Waals surface area contributed by atoms with Gasteiger partial charge in [-0.1, -0.05) is 23.4 Å². The molecule has 5 nitrogen and oxygen atoms in total. The zero-order valence-electron chi connectivity index (χ0n) is 12.3. The number of halogens is 1. The molecule has 1 aliphatic heterocycles. The molecule has 0 bridgehead atoms. The second-order valence-corrected chi connectivity index (χ2v) is 5.24. The van der Waals surface area contributed by atoms with Crippen molar-refractivity contribution in [3.63, 3.8) is 0 Å². The maximum Gasteiger partial charge on any atom is 0.223 e. The first-order valence-corrected chi connectivity index (χ1v) is 7.32. The highest BCUT2D eigenvalue weighted by atomic mass is 19.1. The summed E-state index contributed by atoms with van der Waals surface area (Å²) in [7, 11) is 0. The summed E-state index contributed by atoms with van der Waals surface area (Å²) in [6, 6.07) is 6.14. The van der Waals surface area contributed by atoms with E-state index in [9.17, 15) is 4.39 Å². The molecule has 1 aromatic carbocycles. The van der Waals surface area contributed by atoms with Gasteiger partial charge in [0.2, 0.25) is 5.89 Å². The molecule has 0 spiro atoms. The van der Waals surface area contributed by atoms with Gasteiger partial charge in [0.05, 0.1) is 12.3 Å². The van der Waals surface area contributed by atoms with Gasteiger partial charge < -0.3 is 9.26 Å². The number of rotatable bonds is 5. The Morgan fingerprint density at radius 2 is 2.27 bits per heavy atom. The van der Waals surface area contributed by atoms with Crippen molar-refractivity contribution in [2.75, 3.05) is 6.54 Å². The van der Waals surface area contributed by atoms with Crippen LogP contribution >= 0.6 is 0 Å². The molecular weight excluding hydrogens is 285 g/mol. The Morgan fingerprint density at radius 3 is 2.95 bits per heavy atom. The van der Waals surface area contributed by atoms with Crippen LogP contribution in [0.4, 0.5) is 4.39 Å². The lowest BCUT2D eigenvalue weighted by Crippen LogP contribution is -2.33. The average Bonchev–Trinajstić information content (AvgIpc) is 2.96. The lowest BCUT2D eigenvalue weighted by molar-refractivity contribution is 0.120. The van der Waals surface area contributed by atoms with Crippen LogP contribution in [0.1, 0.15) is 36.2 Å². The molecule has 0 fully saturated rings.